The lowest BCUT2D eigenvalue weighted by atomic mass is 10.0. The van der Waals surface area contributed by atoms with Crippen molar-refractivity contribution in [3.8, 4) is 0 Å². The quantitative estimate of drug-likeness (QED) is 0.544. The van der Waals surface area contributed by atoms with Crippen LogP contribution in [0, 0.1) is 0 Å². The first-order chi connectivity index (χ1) is 11.7. The van der Waals surface area contributed by atoms with E-state index >= 15 is 0 Å². The van der Waals surface area contributed by atoms with Crippen molar-refractivity contribution in [1.29, 1.82) is 0 Å². The Morgan fingerprint density at radius 1 is 1.17 bits per heavy atom. The molecule has 0 fully saturated rings. The molecule has 0 N–H and O–H groups in total. The lowest BCUT2D eigenvalue weighted by Gasteiger charge is -2.08. The number of aryl methyl sites for hydroxylation is 2. The smallest absolute Gasteiger partial charge is 0.358 e. The lowest BCUT2D eigenvalue weighted by molar-refractivity contribution is 0.0466. The summed E-state index contributed by atoms with van der Waals surface area (Å²) in [6.45, 7) is -0.0176. The number of benzene rings is 1. The molecule has 3 aromatic rings. The lowest BCUT2D eigenvalue weighted by Crippen LogP contribution is -2.09. The molecule has 120 valence electrons. The zero-order valence-electron chi connectivity index (χ0n) is 12.8. The second-order valence-corrected chi connectivity index (χ2v) is 5.73. The van der Waals surface area contributed by atoms with Gasteiger partial charge in [0.2, 0.25) is 0 Å². The summed E-state index contributed by atoms with van der Waals surface area (Å²) in [6, 6.07) is 5.33. The molecule has 24 heavy (non-hydrogen) atoms. The number of fused-ring (bicyclic) bond motifs is 2. The molecular weight excluding hydrogens is 308 g/mol. The predicted molar refractivity (Wildman–Crippen MR) is 85.7 cm³/mol. The van der Waals surface area contributed by atoms with E-state index in [1.807, 2.05) is 12.1 Å². The van der Waals surface area contributed by atoms with Crippen LogP contribution in [0.3, 0.4) is 0 Å². The number of carbonyl (C=O) groups excluding carboxylic acids is 1. The first-order valence-electron chi connectivity index (χ1n) is 7.72. The van der Waals surface area contributed by atoms with Crippen LogP contribution in [0.1, 0.15) is 33.6 Å². The first kappa shape index (κ1) is 14.6. The Bertz CT molecular complexity index is 979. The summed E-state index contributed by atoms with van der Waals surface area (Å²) < 4.78 is 10.6. The van der Waals surface area contributed by atoms with E-state index in [2.05, 4.69) is 9.97 Å². The Kier molecular flexibility index (Phi) is 3.57. The number of ether oxygens (including phenoxy) is 1. The molecule has 0 amide bonds. The summed E-state index contributed by atoms with van der Waals surface area (Å²) in [5, 5.41) is 0.808. The van der Waals surface area contributed by atoms with Crippen molar-refractivity contribution >= 4 is 16.9 Å². The van der Waals surface area contributed by atoms with E-state index in [1.54, 1.807) is 0 Å². The van der Waals surface area contributed by atoms with Crippen molar-refractivity contribution in [2.45, 2.75) is 25.9 Å². The molecule has 0 saturated heterocycles. The van der Waals surface area contributed by atoms with Gasteiger partial charge in [-0.25, -0.2) is 14.6 Å². The first-order valence-corrected chi connectivity index (χ1v) is 7.72. The molecule has 4 rings (SSSR count). The van der Waals surface area contributed by atoms with Gasteiger partial charge < -0.3 is 9.15 Å². The SMILES string of the molecule is O=C(OCc1cc(=O)oc2cc3c(cc12)CCC3)c1cnccn1. The largest absolute Gasteiger partial charge is 0.456 e. The summed E-state index contributed by atoms with van der Waals surface area (Å²) in [4.78, 5) is 31.5. The van der Waals surface area contributed by atoms with Crippen LogP contribution in [0.15, 0.2) is 46.0 Å². The summed E-state index contributed by atoms with van der Waals surface area (Å²) >= 11 is 0. The molecule has 0 bridgehead atoms. The maximum atomic E-state index is 12.0. The average molecular weight is 322 g/mol. The van der Waals surface area contributed by atoms with Crippen molar-refractivity contribution in [3.05, 3.63) is 69.6 Å². The van der Waals surface area contributed by atoms with Gasteiger partial charge in [0, 0.05) is 29.4 Å². The Hall–Kier alpha value is -3.02. The molecule has 2 aromatic heterocycles. The highest BCUT2D eigenvalue weighted by Crippen LogP contribution is 2.28. The highest BCUT2D eigenvalue weighted by molar-refractivity contribution is 5.87. The fourth-order valence-corrected chi connectivity index (χ4v) is 3.04. The van der Waals surface area contributed by atoms with Gasteiger partial charge in [0.15, 0.2) is 5.69 Å². The molecule has 0 radical (unpaired) electrons. The minimum Gasteiger partial charge on any atom is -0.456 e. The Morgan fingerprint density at radius 2 is 2.00 bits per heavy atom. The van der Waals surface area contributed by atoms with Crippen LogP contribution in [0.5, 0.6) is 0 Å². The second-order valence-electron chi connectivity index (χ2n) is 5.73. The van der Waals surface area contributed by atoms with Crippen LogP contribution in [0.4, 0.5) is 0 Å². The number of hydrogen-bond acceptors (Lipinski definition) is 6. The molecule has 0 saturated carbocycles. The van der Waals surface area contributed by atoms with Crippen molar-refractivity contribution in [3.63, 3.8) is 0 Å². The van der Waals surface area contributed by atoms with E-state index in [4.69, 9.17) is 9.15 Å². The van der Waals surface area contributed by atoms with Crippen LogP contribution >= 0.6 is 0 Å². The number of aromatic nitrogens is 2. The summed E-state index contributed by atoms with van der Waals surface area (Å²) in [7, 11) is 0. The van der Waals surface area contributed by atoms with Gasteiger partial charge in [-0.2, -0.15) is 0 Å². The fraction of sp³-hybridized carbons (Fsp3) is 0.222. The number of hydrogen-bond donors (Lipinski definition) is 0. The van der Waals surface area contributed by atoms with E-state index in [1.165, 1.54) is 35.8 Å². The third-order valence-electron chi connectivity index (χ3n) is 4.17. The van der Waals surface area contributed by atoms with Crippen LogP contribution in [-0.4, -0.2) is 15.9 Å². The molecule has 1 aromatic carbocycles. The number of nitrogens with zero attached hydrogens (tertiary/aromatic N) is 2. The topological polar surface area (TPSA) is 82.3 Å². The van der Waals surface area contributed by atoms with E-state index in [0.717, 1.165) is 24.6 Å². The molecule has 1 aliphatic rings. The molecular formula is C18H14N2O4. The van der Waals surface area contributed by atoms with Gasteiger partial charge in [-0.1, -0.05) is 0 Å². The molecule has 0 atom stereocenters. The number of esters is 1. The summed E-state index contributed by atoms with van der Waals surface area (Å²) in [6.07, 6.45) is 7.36. The van der Waals surface area contributed by atoms with E-state index < -0.39 is 11.6 Å². The summed E-state index contributed by atoms with van der Waals surface area (Å²) in [5.74, 6) is -0.578. The van der Waals surface area contributed by atoms with Crippen LogP contribution in [-0.2, 0) is 24.2 Å². The van der Waals surface area contributed by atoms with Gasteiger partial charge in [0.05, 0.1) is 6.20 Å². The van der Waals surface area contributed by atoms with Crippen molar-refractivity contribution < 1.29 is 13.9 Å². The van der Waals surface area contributed by atoms with Crippen LogP contribution < -0.4 is 5.63 Å². The minimum absolute atomic E-state index is 0.0176. The maximum absolute atomic E-state index is 12.0. The third-order valence-corrected chi connectivity index (χ3v) is 4.17. The molecule has 0 spiro atoms. The molecule has 6 nitrogen and oxygen atoms in total. The van der Waals surface area contributed by atoms with E-state index in [0.29, 0.717) is 11.1 Å². The number of rotatable bonds is 3. The molecule has 2 heterocycles. The average Bonchev–Trinajstić information content (AvgIpc) is 3.05. The van der Waals surface area contributed by atoms with Crippen molar-refractivity contribution in [1.82, 2.24) is 9.97 Å². The highest BCUT2D eigenvalue weighted by Gasteiger charge is 2.16. The van der Waals surface area contributed by atoms with E-state index in [9.17, 15) is 9.59 Å². The zero-order chi connectivity index (χ0) is 16.5. The fourth-order valence-electron chi connectivity index (χ4n) is 3.04. The highest BCUT2D eigenvalue weighted by atomic mass is 16.5. The van der Waals surface area contributed by atoms with Gasteiger partial charge in [-0.15, -0.1) is 0 Å². The second kappa shape index (κ2) is 5.88. The minimum atomic E-state index is -0.578. The maximum Gasteiger partial charge on any atom is 0.358 e. The Morgan fingerprint density at radius 3 is 2.79 bits per heavy atom. The summed E-state index contributed by atoms with van der Waals surface area (Å²) in [5.41, 5.74) is 3.33. The monoisotopic (exact) mass is 322 g/mol. The normalized spacial score (nSPS) is 13.0. The molecule has 1 aliphatic carbocycles. The molecule has 0 unspecified atom stereocenters. The van der Waals surface area contributed by atoms with Crippen LogP contribution in [0.2, 0.25) is 0 Å². The Balaban J connectivity index is 1.66. The third kappa shape index (κ3) is 2.67. The predicted octanol–water partition coefficient (Wildman–Crippen LogP) is 2.43. The van der Waals surface area contributed by atoms with Gasteiger partial charge in [-0.3, -0.25) is 4.98 Å². The van der Waals surface area contributed by atoms with Gasteiger partial charge in [0.25, 0.3) is 0 Å². The Labute approximate surface area is 137 Å². The molecule has 0 aliphatic heterocycles. The van der Waals surface area contributed by atoms with E-state index in [-0.39, 0.29) is 12.3 Å². The molecule has 6 heteroatoms. The van der Waals surface area contributed by atoms with Crippen LogP contribution in [0.25, 0.3) is 11.0 Å². The zero-order valence-corrected chi connectivity index (χ0v) is 12.8. The van der Waals surface area contributed by atoms with Crippen molar-refractivity contribution in [2.24, 2.45) is 0 Å². The standard InChI is InChI=1S/C18H14N2O4/c21-17-8-13(10-23-18(22)15-9-19-4-5-20-15)14-6-11-2-1-3-12(11)7-16(14)24-17/h4-9H,1-3,10H2. The van der Waals surface area contributed by atoms with Gasteiger partial charge >= 0.3 is 11.6 Å². The van der Waals surface area contributed by atoms with Crippen molar-refractivity contribution in [2.75, 3.05) is 0 Å². The number of carbonyl (C=O) groups is 1. The van der Waals surface area contributed by atoms with Gasteiger partial charge in [-0.05, 0) is 42.5 Å². The van der Waals surface area contributed by atoms with Gasteiger partial charge in [0.1, 0.15) is 12.2 Å².